The summed E-state index contributed by atoms with van der Waals surface area (Å²) >= 11 is 6.26. The first kappa shape index (κ1) is 16.0. The van der Waals surface area contributed by atoms with Gasteiger partial charge in [-0.15, -0.1) is 0 Å². The number of hydrogen-bond donors (Lipinski definition) is 0. The van der Waals surface area contributed by atoms with E-state index < -0.39 is 0 Å². The number of halogens is 1. The largest absolute Gasteiger partial charge is 0.373 e. The van der Waals surface area contributed by atoms with Gasteiger partial charge in [0.1, 0.15) is 0 Å². The highest BCUT2D eigenvalue weighted by atomic mass is 35.5. The molecule has 2 aliphatic rings. The lowest BCUT2D eigenvalue weighted by Crippen LogP contribution is -2.48. The third-order valence-electron chi connectivity index (χ3n) is 4.72. The van der Waals surface area contributed by atoms with Gasteiger partial charge in [-0.2, -0.15) is 0 Å². The normalized spacial score (nSPS) is 28.0. The number of piperidine rings is 1. The van der Waals surface area contributed by atoms with E-state index >= 15 is 0 Å². The van der Waals surface area contributed by atoms with Crippen LogP contribution in [0.15, 0.2) is 18.5 Å². The average Bonchev–Trinajstić information content (AvgIpc) is 2.48. The Labute approximate surface area is 138 Å². The van der Waals surface area contributed by atoms with Crippen molar-refractivity contribution < 1.29 is 4.74 Å². The second kappa shape index (κ2) is 7.16. The molecule has 22 heavy (non-hydrogen) atoms. The highest BCUT2D eigenvalue weighted by Crippen LogP contribution is 2.29. The van der Waals surface area contributed by atoms with Gasteiger partial charge in [-0.1, -0.05) is 11.6 Å². The summed E-state index contributed by atoms with van der Waals surface area (Å²) in [5.41, 5.74) is 1.13. The van der Waals surface area contributed by atoms with Crippen LogP contribution in [0.2, 0.25) is 5.02 Å². The maximum atomic E-state index is 6.26. The van der Waals surface area contributed by atoms with Gasteiger partial charge in [-0.05, 0) is 38.7 Å². The molecule has 4 nitrogen and oxygen atoms in total. The fourth-order valence-electron chi connectivity index (χ4n) is 3.78. The molecule has 0 aliphatic carbocycles. The van der Waals surface area contributed by atoms with Crippen LogP contribution in [-0.2, 0) is 4.74 Å². The van der Waals surface area contributed by atoms with Crippen LogP contribution in [0, 0.1) is 5.92 Å². The number of aromatic nitrogens is 1. The molecule has 0 saturated carbocycles. The minimum Gasteiger partial charge on any atom is -0.373 e. The maximum absolute atomic E-state index is 6.26. The minimum atomic E-state index is 0.361. The highest BCUT2D eigenvalue weighted by molar-refractivity contribution is 6.33. The van der Waals surface area contributed by atoms with E-state index in [0.717, 1.165) is 42.8 Å². The van der Waals surface area contributed by atoms with Crippen molar-refractivity contribution in [3.05, 3.63) is 23.5 Å². The van der Waals surface area contributed by atoms with Crippen molar-refractivity contribution in [1.82, 2.24) is 9.88 Å². The Morgan fingerprint density at radius 2 is 1.91 bits per heavy atom. The van der Waals surface area contributed by atoms with E-state index in [4.69, 9.17) is 16.3 Å². The van der Waals surface area contributed by atoms with Gasteiger partial charge in [0.25, 0.3) is 0 Å². The molecule has 122 valence electrons. The molecule has 3 heterocycles. The third-order valence-corrected chi connectivity index (χ3v) is 5.01. The molecule has 2 unspecified atom stereocenters. The summed E-state index contributed by atoms with van der Waals surface area (Å²) in [6.45, 7) is 9.87. The lowest BCUT2D eigenvalue weighted by Gasteiger charge is -2.40. The quantitative estimate of drug-likeness (QED) is 0.855. The lowest BCUT2D eigenvalue weighted by atomic mass is 9.95. The van der Waals surface area contributed by atoms with Crippen LogP contribution >= 0.6 is 11.6 Å². The Morgan fingerprint density at radius 3 is 2.55 bits per heavy atom. The fraction of sp³-hybridized carbons (Fsp3) is 0.706. The molecule has 0 radical (unpaired) electrons. The molecule has 2 saturated heterocycles. The van der Waals surface area contributed by atoms with Crippen LogP contribution in [0.3, 0.4) is 0 Å². The highest BCUT2D eigenvalue weighted by Gasteiger charge is 2.27. The topological polar surface area (TPSA) is 28.6 Å². The molecule has 1 aromatic rings. The SMILES string of the molecule is CC1CN(CC2CCN(c3ccncc3Cl)CC2)CC(C)O1. The number of pyridine rings is 1. The molecule has 2 fully saturated rings. The number of morpholine rings is 1. The van der Waals surface area contributed by atoms with E-state index in [0.29, 0.717) is 12.2 Å². The molecule has 5 heteroatoms. The molecule has 2 aliphatic heterocycles. The average molecular weight is 324 g/mol. The fourth-order valence-corrected chi connectivity index (χ4v) is 4.02. The van der Waals surface area contributed by atoms with E-state index in [1.807, 2.05) is 12.3 Å². The first-order valence-electron chi connectivity index (χ1n) is 8.34. The minimum absolute atomic E-state index is 0.361. The predicted molar refractivity (Wildman–Crippen MR) is 90.6 cm³/mol. The Balaban J connectivity index is 1.51. The van der Waals surface area contributed by atoms with Gasteiger partial charge in [-0.25, -0.2) is 0 Å². The van der Waals surface area contributed by atoms with Crippen LogP contribution < -0.4 is 4.90 Å². The summed E-state index contributed by atoms with van der Waals surface area (Å²) in [4.78, 5) is 9.04. The van der Waals surface area contributed by atoms with E-state index in [2.05, 4.69) is 28.6 Å². The second-order valence-corrected chi connectivity index (χ2v) is 7.14. The molecule has 0 bridgehead atoms. The zero-order valence-corrected chi connectivity index (χ0v) is 14.3. The second-order valence-electron chi connectivity index (χ2n) is 6.73. The number of rotatable bonds is 3. The predicted octanol–water partition coefficient (Wildman–Crippen LogP) is 3.06. The lowest BCUT2D eigenvalue weighted by molar-refractivity contribution is -0.0720. The molecule has 2 atom stereocenters. The van der Waals surface area contributed by atoms with E-state index in [-0.39, 0.29) is 0 Å². The standard InChI is InChI=1S/C17H26ClN3O/c1-13-10-20(11-14(2)22-13)12-15-4-7-21(8-5-15)17-3-6-19-9-16(17)18/h3,6,9,13-15H,4-5,7-8,10-12H2,1-2H3. The molecule has 3 rings (SSSR count). The molecule has 1 aromatic heterocycles. The summed E-state index contributed by atoms with van der Waals surface area (Å²) < 4.78 is 5.82. The summed E-state index contributed by atoms with van der Waals surface area (Å²) in [6.07, 6.45) is 6.75. The van der Waals surface area contributed by atoms with Crippen molar-refractivity contribution in [1.29, 1.82) is 0 Å². The monoisotopic (exact) mass is 323 g/mol. The summed E-state index contributed by atoms with van der Waals surface area (Å²) in [6, 6.07) is 2.02. The number of anilines is 1. The van der Waals surface area contributed by atoms with Crippen LogP contribution in [0.1, 0.15) is 26.7 Å². The Morgan fingerprint density at radius 1 is 1.23 bits per heavy atom. The van der Waals surface area contributed by atoms with Gasteiger partial charge in [0.15, 0.2) is 0 Å². The molecule has 0 N–H and O–H groups in total. The van der Waals surface area contributed by atoms with Crippen molar-refractivity contribution in [2.24, 2.45) is 5.92 Å². The smallest absolute Gasteiger partial charge is 0.0822 e. The third kappa shape index (κ3) is 3.92. The summed E-state index contributed by atoms with van der Waals surface area (Å²) in [5, 5.41) is 0.761. The maximum Gasteiger partial charge on any atom is 0.0822 e. The van der Waals surface area contributed by atoms with E-state index in [1.54, 1.807) is 6.20 Å². The zero-order valence-electron chi connectivity index (χ0n) is 13.5. The van der Waals surface area contributed by atoms with Gasteiger partial charge >= 0.3 is 0 Å². The van der Waals surface area contributed by atoms with E-state index in [9.17, 15) is 0 Å². The Kier molecular flexibility index (Phi) is 5.21. The van der Waals surface area contributed by atoms with Crippen molar-refractivity contribution in [2.75, 3.05) is 37.6 Å². The van der Waals surface area contributed by atoms with E-state index in [1.165, 1.54) is 19.4 Å². The Bertz CT molecular complexity index is 481. The van der Waals surface area contributed by atoms with Crippen LogP contribution in [0.5, 0.6) is 0 Å². The first-order chi connectivity index (χ1) is 10.6. The van der Waals surface area contributed by atoms with Crippen LogP contribution in [0.25, 0.3) is 0 Å². The molecular weight excluding hydrogens is 298 g/mol. The van der Waals surface area contributed by atoms with Gasteiger partial charge in [0.05, 0.1) is 22.9 Å². The van der Waals surface area contributed by atoms with Crippen LogP contribution in [0.4, 0.5) is 5.69 Å². The molecular formula is C17H26ClN3O. The van der Waals surface area contributed by atoms with Gasteiger partial charge in [0.2, 0.25) is 0 Å². The van der Waals surface area contributed by atoms with Crippen molar-refractivity contribution in [2.45, 2.75) is 38.9 Å². The zero-order chi connectivity index (χ0) is 15.5. The number of ether oxygens (including phenoxy) is 1. The first-order valence-corrected chi connectivity index (χ1v) is 8.72. The summed E-state index contributed by atoms with van der Waals surface area (Å²) in [7, 11) is 0. The number of nitrogens with zero attached hydrogens (tertiary/aromatic N) is 3. The Hall–Kier alpha value is -0.840. The molecule has 0 aromatic carbocycles. The molecule has 0 amide bonds. The van der Waals surface area contributed by atoms with Crippen molar-refractivity contribution in [3.63, 3.8) is 0 Å². The van der Waals surface area contributed by atoms with Crippen LogP contribution in [-0.4, -0.2) is 54.8 Å². The van der Waals surface area contributed by atoms with Gasteiger partial charge in [-0.3, -0.25) is 9.88 Å². The molecule has 0 spiro atoms. The summed E-state index contributed by atoms with van der Waals surface area (Å²) in [5.74, 6) is 0.786. The van der Waals surface area contributed by atoms with Gasteiger partial charge < -0.3 is 9.64 Å². The van der Waals surface area contributed by atoms with Gasteiger partial charge in [0, 0.05) is 45.1 Å². The van der Waals surface area contributed by atoms with Crippen molar-refractivity contribution in [3.8, 4) is 0 Å². The van der Waals surface area contributed by atoms with Crippen molar-refractivity contribution >= 4 is 17.3 Å². The number of hydrogen-bond acceptors (Lipinski definition) is 4.